The molecule has 0 aliphatic carbocycles. The smallest absolute Gasteiger partial charge is 0.462 e. The number of rotatable bonds is 37. The highest BCUT2D eigenvalue weighted by atomic mass is 31.2. The van der Waals surface area contributed by atoms with Crippen molar-refractivity contribution in [2.75, 3.05) is 26.4 Å². The number of phosphoric acid groups is 2. The Bertz CT molecular complexity index is 973. The summed E-state index contributed by atoms with van der Waals surface area (Å²) >= 11 is 0. The van der Waals surface area contributed by atoms with E-state index >= 15 is 0 Å². The van der Waals surface area contributed by atoms with Crippen LogP contribution in [0.4, 0.5) is 0 Å². The van der Waals surface area contributed by atoms with Crippen LogP contribution in [-0.4, -0.2) is 70.4 Å². The van der Waals surface area contributed by atoms with E-state index in [1.165, 1.54) is 70.6 Å². The van der Waals surface area contributed by atoms with Gasteiger partial charge in [-0.1, -0.05) is 129 Å². The number of unbranched alkanes of at least 4 members (excludes halogenated alkanes) is 19. The fraction of sp³-hybridized carbons (Fsp3) is 0.889. The molecule has 13 nitrogen and oxygen atoms in total. The molecule has 0 aliphatic rings. The average Bonchev–Trinajstić information content (AvgIpc) is 3.08. The first-order valence-corrected chi connectivity index (χ1v) is 22.4. The number of hydrogen-bond acceptors (Lipinski definition) is 10. The lowest BCUT2D eigenvalue weighted by Crippen LogP contribution is -2.30. The minimum absolute atomic E-state index is 0.125. The van der Waals surface area contributed by atoms with Gasteiger partial charge in [0.05, 0.1) is 19.8 Å². The minimum atomic E-state index is -4.85. The Balaban J connectivity index is 4.59. The van der Waals surface area contributed by atoms with Gasteiger partial charge in [-0.2, -0.15) is 0 Å². The highest BCUT2D eigenvalue weighted by Gasteiger charge is 2.28. The molecule has 4 N–H and O–H groups in total. The van der Waals surface area contributed by atoms with Crippen molar-refractivity contribution in [2.24, 2.45) is 0 Å². The fourth-order valence-electron chi connectivity index (χ4n) is 5.17. The third kappa shape index (κ3) is 37.0. The van der Waals surface area contributed by atoms with Crippen molar-refractivity contribution in [1.29, 1.82) is 0 Å². The van der Waals surface area contributed by atoms with E-state index < -0.39 is 59.6 Å². The lowest BCUT2D eigenvalue weighted by atomic mass is 10.1. The van der Waals surface area contributed by atoms with E-state index in [2.05, 4.69) is 35.0 Å². The van der Waals surface area contributed by atoms with E-state index in [1.807, 2.05) is 0 Å². The van der Waals surface area contributed by atoms with Crippen LogP contribution in [0.5, 0.6) is 0 Å². The van der Waals surface area contributed by atoms with Crippen LogP contribution in [0, 0.1) is 0 Å². The Kier molecular flexibility index (Phi) is 32.7. The van der Waals surface area contributed by atoms with Crippen LogP contribution in [-0.2, 0) is 41.8 Å². The van der Waals surface area contributed by atoms with Gasteiger partial charge in [-0.25, -0.2) is 9.13 Å². The Morgan fingerprint density at radius 3 is 1.47 bits per heavy atom. The molecule has 0 heterocycles. The lowest BCUT2D eigenvalue weighted by molar-refractivity contribution is -0.161. The van der Waals surface area contributed by atoms with E-state index in [-0.39, 0.29) is 19.4 Å². The van der Waals surface area contributed by atoms with Gasteiger partial charge in [0.25, 0.3) is 0 Å². The summed E-state index contributed by atoms with van der Waals surface area (Å²) in [5, 5.41) is 9.70. The third-order valence-electron chi connectivity index (χ3n) is 8.14. The van der Waals surface area contributed by atoms with Crippen LogP contribution in [0.15, 0.2) is 12.2 Å². The van der Waals surface area contributed by atoms with Gasteiger partial charge in [-0.3, -0.25) is 23.2 Å². The van der Waals surface area contributed by atoms with Gasteiger partial charge in [0.15, 0.2) is 6.10 Å². The topological polar surface area (TPSA) is 195 Å². The normalized spacial score (nSPS) is 14.4. The number of aliphatic hydroxyl groups is 1. The number of phosphoric ester groups is 2. The van der Waals surface area contributed by atoms with Crippen molar-refractivity contribution in [3.05, 3.63) is 12.2 Å². The zero-order valence-corrected chi connectivity index (χ0v) is 33.3. The number of esters is 2. The molecule has 0 saturated carbocycles. The third-order valence-corrected chi connectivity index (χ3v) is 9.58. The number of ether oxygens (including phenoxy) is 2. The van der Waals surface area contributed by atoms with E-state index in [9.17, 15) is 28.7 Å². The van der Waals surface area contributed by atoms with Crippen LogP contribution in [0.25, 0.3) is 0 Å². The predicted molar refractivity (Wildman–Crippen MR) is 198 cm³/mol. The molecular formula is C36H70O13P2. The zero-order chi connectivity index (χ0) is 38.1. The fourth-order valence-corrected chi connectivity index (χ4v) is 6.32. The molecule has 51 heavy (non-hydrogen) atoms. The number of carbonyl (C=O) groups is 2. The molecule has 0 aromatic carbocycles. The first-order valence-electron chi connectivity index (χ1n) is 19.4. The molecule has 0 amide bonds. The molecule has 302 valence electrons. The Hall–Kier alpha value is -1.14. The van der Waals surface area contributed by atoms with E-state index in [1.54, 1.807) is 0 Å². The van der Waals surface area contributed by atoms with E-state index in [4.69, 9.17) is 23.8 Å². The average molecular weight is 773 g/mol. The quantitative estimate of drug-likeness (QED) is 0.0202. The number of hydrogen-bond donors (Lipinski definition) is 4. The van der Waals surface area contributed by atoms with Crippen molar-refractivity contribution in [2.45, 2.75) is 180 Å². The molecule has 0 aliphatic heterocycles. The van der Waals surface area contributed by atoms with Crippen LogP contribution in [0.2, 0.25) is 0 Å². The molecule has 0 bridgehead atoms. The van der Waals surface area contributed by atoms with Gasteiger partial charge in [-0.05, 0) is 38.5 Å². The minimum Gasteiger partial charge on any atom is -0.462 e. The second-order valence-electron chi connectivity index (χ2n) is 13.2. The molecule has 15 heteroatoms. The van der Waals surface area contributed by atoms with Gasteiger partial charge in [0, 0.05) is 12.8 Å². The number of carbonyl (C=O) groups excluding carboxylic acids is 2. The SMILES string of the molecule is CCCCCC/C=C\CCCCCCCC(=O)O[C@H](COC(=O)CCCCCCCCCCCCC)COP(=O)(O)OC[C@@H](O)COP(=O)(O)O. The van der Waals surface area contributed by atoms with Crippen molar-refractivity contribution in [3.8, 4) is 0 Å². The molecule has 0 rings (SSSR count). The Labute approximate surface area is 307 Å². The van der Waals surface area contributed by atoms with Gasteiger partial charge in [-0.15, -0.1) is 0 Å². The maximum absolute atomic E-state index is 12.6. The highest BCUT2D eigenvalue weighted by molar-refractivity contribution is 7.47. The maximum Gasteiger partial charge on any atom is 0.472 e. The van der Waals surface area contributed by atoms with Crippen molar-refractivity contribution >= 4 is 27.6 Å². The molecule has 1 unspecified atom stereocenters. The molecule has 0 fully saturated rings. The second kappa shape index (κ2) is 33.4. The van der Waals surface area contributed by atoms with Gasteiger partial charge >= 0.3 is 27.6 Å². The predicted octanol–water partition coefficient (Wildman–Crippen LogP) is 9.00. The van der Waals surface area contributed by atoms with E-state index in [0.29, 0.717) is 12.8 Å². The molecule has 3 atom stereocenters. The van der Waals surface area contributed by atoms with E-state index in [0.717, 1.165) is 57.8 Å². The van der Waals surface area contributed by atoms with Crippen LogP contribution < -0.4 is 0 Å². The zero-order valence-electron chi connectivity index (χ0n) is 31.5. The number of allylic oxidation sites excluding steroid dienone is 2. The van der Waals surface area contributed by atoms with Crippen LogP contribution >= 0.6 is 15.6 Å². The summed E-state index contributed by atoms with van der Waals surface area (Å²) in [7, 11) is -9.65. The first-order chi connectivity index (χ1) is 24.4. The highest BCUT2D eigenvalue weighted by Crippen LogP contribution is 2.43. The summed E-state index contributed by atoms with van der Waals surface area (Å²) in [6, 6.07) is 0. The largest absolute Gasteiger partial charge is 0.472 e. The Morgan fingerprint density at radius 2 is 0.961 bits per heavy atom. The second-order valence-corrected chi connectivity index (χ2v) is 15.9. The maximum atomic E-state index is 12.6. The summed E-state index contributed by atoms with van der Waals surface area (Å²) < 4.78 is 47.5. The van der Waals surface area contributed by atoms with Gasteiger partial charge < -0.3 is 29.3 Å². The molecule has 0 saturated heterocycles. The summed E-state index contributed by atoms with van der Waals surface area (Å²) in [6.45, 7) is 1.72. The van der Waals surface area contributed by atoms with Gasteiger partial charge in [0.2, 0.25) is 0 Å². The molecule has 0 aromatic rings. The summed E-state index contributed by atoms with van der Waals surface area (Å²) in [4.78, 5) is 52.4. The lowest BCUT2D eigenvalue weighted by Gasteiger charge is -2.20. The summed E-state index contributed by atoms with van der Waals surface area (Å²) in [5.41, 5.74) is 0. The first kappa shape index (κ1) is 49.9. The molecule has 0 radical (unpaired) electrons. The van der Waals surface area contributed by atoms with Crippen LogP contribution in [0.3, 0.4) is 0 Å². The number of aliphatic hydroxyl groups excluding tert-OH is 1. The summed E-state index contributed by atoms with van der Waals surface area (Å²) in [6.07, 6.45) is 26.4. The standard InChI is InChI=1S/C36H70O13P2/c1-3-5-7-9-11-13-15-16-18-20-22-24-26-28-36(39)49-34(32-48-51(43,44)47-30-33(37)29-46-50(40,41)42)31-45-35(38)27-25-23-21-19-17-14-12-10-8-6-4-2/h13,15,33-34,37H,3-12,14,16-32H2,1-2H3,(H,43,44)(H2,40,41,42)/b15-13-/t33-,34+/m0/s1. The molecule has 0 aromatic heterocycles. The molecule has 0 spiro atoms. The van der Waals surface area contributed by atoms with Crippen molar-refractivity contribution in [1.82, 2.24) is 0 Å². The van der Waals surface area contributed by atoms with Gasteiger partial charge in [0.1, 0.15) is 12.7 Å². The monoisotopic (exact) mass is 772 g/mol. The van der Waals surface area contributed by atoms with Crippen molar-refractivity contribution < 1.29 is 61.6 Å². The summed E-state index contributed by atoms with van der Waals surface area (Å²) in [5.74, 6) is -1.04. The van der Waals surface area contributed by atoms with Crippen LogP contribution in [0.1, 0.15) is 168 Å². The van der Waals surface area contributed by atoms with Crippen molar-refractivity contribution in [3.63, 3.8) is 0 Å². The Morgan fingerprint density at radius 1 is 0.549 bits per heavy atom. The molecular weight excluding hydrogens is 702 g/mol.